The molecule has 0 atom stereocenters. The van der Waals surface area contributed by atoms with E-state index in [-0.39, 0.29) is 0 Å². The Hall–Kier alpha value is -4.30. The highest BCUT2D eigenvalue weighted by atomic mass is 15.2. The van der Waals surface area contributed by atoms with Crippen LogP contribution in [0.3, 0.4) is 0 Å². The SMILES string of the molecule is Cc1ccc(N(c2ccccc2)c2ccccc2)c(C)c1N(c1ccccc1)c1ccccc1. The summed E-state index contributed by atoms with van der Waals surface area (Å²) in [5, 5.41) is 0. The molecule has 5 rings (SSSR count). The lowest BCUT2D eigenvalue weighted by molar-refractivity contribution is 1.19. The highest BCUT2D eigenvalue weighted by molar-refractivity contribution is 5.87. The van der Waals surface area contributed by atoms with Gasteiger partial charge in [-0.1, -0.05) is 78.9 Å². The van der Waals surface area contributed by atoms with E-state index in [1.807, 2.05) is 0 Å². The summed E-state index contributed by atoms with van der Waals surface area (Å²) in [5.74, 6) is 0. The monoisotopic (exact) mass is 440 g/mol. The molecule has 0 amide bonds. The molecule has 2 nitrogen and oxygen atoms in total. The van der Waals surface area contributed by atoms with Gasteiger partial charge in [-0.15, -0.1) is 0 Å². The Balaban J connectivity index is 1.75. The smallest absolute Gasteiger partial charge is 0.0540 e. The summed E-state index contributed by atoms with van der Waals surface area (Å²) in [6, 6.07) is 46.8. The zero-order valence-electron chi connectivity index (χ0n) is 19.6. The lowest BCUT2D eigenvalue weighted by Crippen LogP contribution is -2.16. The van der Waals surface area contributed by atoms with E-state index in [4.69, 9.17) is 0 Å². The van der Waals surface area contributed by atoms with E-state index in [1.54, 1.807) is 0 Å². The van der Waals surface area contributed by atoms with Crippen LogP contribution < -0.4 is 9.80 Å². The summed E-state index contributed by atoms with van der Waals surface area (Å²) in [5.41, 5.74) is 9.37. The predicted molar refractivity (Wildman–Crippen MR) is 145 cm³/mol. The van der Waals surface area contributed by atoms with Crippen LogP contribution in [0.1, 0.15) is 11.1 Å². The molecule has 5 aromatic carbocycles. The Labute approximate surface area is 202 Å². The molecule has 34 heavy (non-hydrogen) atoms. The third kappa shape index (κ3) is 4.18. The molecule has 0 fully saturated rings. The van der Waals surface area contributed by atoms with E-state index < -0.39 is 0 Å². The van der Waals surface area contributed by atoms with Crippen molar-refractivity contribution < 1.29 is 0 Å². The van der Waals surface area contributed by atoms with E-state index >= 15 is 0 Å². The maximum absolute atomic E-state index is 2.36. The summed E-state index contributed by atoms with van der Waals surface area (Å²) < 4.78 is 0. The van der Waals surface area contributed by atoms with Gasteiger partial charge in [0, 0.05) is 22.7 Å². The minimum absolute atomic E-state index is 1.14. The molecular formula is C32H28N2. The van der Waals surface area contributed by atoms with Crippen molar-refractivity contribution in [3.05, 3.63) is 145 Å². The first-order chi connectivity index (χ1) is 16.7. The summed E-state index contributed by atoms with van der Waals surface area (Å²) >= 11 is 0. The van der Waals surface area contributed by atoms with Crippen LogP contribution in [0.15, 0.2) is 133 Å². The average Bonchev–Trinajstić information content (AvgIpc) is 2.90. The van der Waals surface area contributed by atoms with Crippen LogP contribution >= 0.6 is 0 Å². The Morgan fingerprint density at radius 3 is 1.12 bits per heavy atom. The van der Waals surface area contributed by atoms with E-state index in [1.165, 1.54) is 16.8 Å². The fraction of sp³-hybridized carbons (Fsp3) is 0.0625. The topological polar surface area (TPSA) is 6.48 Å². The number of aryl methyl sites for hydroxylation is 1. The van der Waals surface area contributed by atoms with Crippen molar-refractivity contribution >= 4 is 34.1 Å². The third-order valence-electron chi connectivity index (χ3n) is 6.13. The molecule has 5 aromatic rings. The average molecular weight is 441 g/mol. The van der Waals surface area contributed by atoms with Gasteiger partial charge < -0.3 is 9.80 Å². The zero-order valence-corrected chi connectivity index (χ0v) is 19.6. The van der Waals surface area contributed by atoms with Gasteiger partial charge in [-0.3, -0.25) is 0 Å². The van der Waals surface area contributed by atoms with Gasteiger partial charge >= 0.3 is 0 Å². The first kappa shape index (κ1) is 21.5. The normalized spacial score (nSPS) is 10.6. The molecule has 0 radical (unpaired) electrons. The number of hydrogen-bond donors (Lipinski definition) is 0. The Morgan fingerprint density at radius 1 is 0.382 bits per heavy atom. The van der Waals surface area contributed by atoms with Gasteiger partial charge in [0.15, 0.2) is 0 Å². The van der Waals surface area contributed by atoms with Gasteiger partial charge in [0.2, 0.25) is 0 Å². The highest BCUT2D eigenvalue weighted by Gasteiger charge is 2.22. The van der Waals surface area contributed by atoms with E-state index in [0.29, 0.717) is 0 Å². The Morgan fingerprint density at radius 2 is 0.735 bits per heavy atom. The van der Waals surface area contributed by atoms with E-state index in [2.05, 4.69) is 157 Å². The second-order valence-corrected chi connectivity index (χ2v) is 8.39. The zero-order chi connectivity index (χ0) is 23.3. The molecule has 2 heteroatoms. The fourth-order valence-electron chi connectivity index (χ4n) is 4.55. The third-order valence-corrected chi connectivity index (χ3v) is 6.13. The maximum atomic E-state index is 2.36. The van der Waals surface area contributed by atoms with Crippen molar-refractivity contribution in [2.75, 3.05) is 9.80 Å². The highest BCUT2D eigenvalue weighted by Crippen LogP contribution is 2.44. The molecule has 0 bridgehead atoms. The van der Waals surface area contributed by atoms with Crippen molar-refractivity contribution in [3.8, 4) is 0 Å². The Kier molecular flexibility index (Phi) is 6.13. The second kappa shape index (κ2) is 9.68. The van der Waals surface area contributed by atoms with Crippen molar-refractivity contribution in [2.24, 2.45) is 0 Å². The van der Waals surface area contributed by atoms with E-state index in [0.717, 1.165) is 28.4 Å². The van der Waals surface area contributed by atoms with Crippen LogP contribution in [-0.2, 0) is 0 Å². The minimum Gasteiger partial charge on any atom is -0.310 e. The van der Waals surface area contributed by atoms with Crippen LogP contribution in [0.5, 0.6) is 0 Å². The molecule has 0 aliphatic rings. The van der Waals surface area contributed by atoms with Gasteiger partial charge in [0.25, 0.3) is 0 Å². The molecule has 166 valence electrons. The molecule has 0 aromatic heterocycles. The minimum atomic E-state index is 1.14. The number of anilines is 6. The molecule has 0 unspecified atom stereocenters. The number of benzene rings is 5. The largest absolute Gasteiger partial charge is 0.310 e. The van der Waals surface area contributed by atoms with Crippen LogP contribution in [0.4, 0.5) is 34.1 Å². The number of hydrogen-bond acceptors (Lipinski definition) is 2. The number of nitrogens with zero attached hydrogens (tertiary/aromatic N) is 2. The molecule has 0 aliphatic carbocycles. The lowest BCUT2D eigenvalue weighted by Gasteiger charge is -2.33. The molecule has 0 heterocycles. The standard InChI is InChI=1S/C32H28N2/c1-25-23-24-31(33(27-15-7-3-8-16-27)28-17-9-4-10-18-28)26(2)32(25)34(29-19-11-5-12-20-29)30-21-13-6-14-22-30/h3-24H,1-2H3. The fourth-order valence-corrected chi connectivity index (χ4v) is 4.55. The van der Waals surface area contributed by atoms with Gasteiger partial charge in [0.05, 0.1) is 11.4 Å². The predicted octanol–water partition coefficient (Wildman–Crippen LogP) is 9.24. The van der Waals surface area contributed by atoms with Gasteiger partial charge in [-0.25, -0.2) is 0 Å². The van der Waals surface area contributed by atoms with Gasteiger partial charge in [-0.05, 0) is 79.6 Å². The van der Waals surface area contributed by atoms with E-state index in [9.17, 15) is 0 Å². The summed E-state index contributed by atoms with van der Waals surface area (Å²) in [6.07, 6.45) is 0. The van der Waals surface area contributed by atoms with Crippen LogP contribution in [0, 0.1) is 13.8 Å². The van der Waals surface area contributed by atoms with Crippen molar-refractivity contribution in [2.45, 2.75) is 13.8 Å². The van der Waals surface area contributed by atoms with Crippen molar-refractivity contribution in [1.29, 1.82) is 0 Å². The van der Waals surface area contributed by atoms with Crippen LogP contribution in [0.25, 0.3) is 0 Å². The van der Waals surface area contributed by atoms with Crippen molar-refractivity contribution in [1.82, 2.24) is 0 Å². The first-order valence-electron chi connectivity index (χ1n) is 11.6. The lowest BCUT2D eigenvalue weighted by atomic mass is 10.0. The number of para-hydroxylation sites is 4. The molecule has 0 spiro atoms. The molecule has 0 saturated heterocycles. The quantitative estimate of drug-likeness (QED) is 0.259. The number of rotatable bonds is 6. The van der Waals surface area contributed by atoms with Gasteiger partial charge in [-0.2, -0.15) is 0 Å². The van der Waals surface area contributed by atoms with Crippen LogP contribution in [-0.4, -0.2) is 0 Å². The second-order valence-electron chi connectivity index (χ2n) is 8.39. The summed E-state index contributed by atoms with van der Waals surface area (Å²) in [6.45, 7) is 4.43. The molecule has 0 N–H and O–H groups in total. The Bertz CT molecular complexity index is 1270. The van der Waals surface area contributed by atoms with Crippen molar-refractivity contribution in [3.63, 3.8) is 0 Å². The first-order valence-corrected chi connectivity index (χ1v) is 11.6. The van der Waals surface area contributed by atoms with Gasteiger partial charge in [0.1, 0.15) is 0 Å². The van der Waals surface area contributed by atoms with Crippen LogP contribution in [0.2, 0.25) is 0 Å². The molecular weight excluding hydrogens is 412 g/mol. The molecule has 0 saturated carbocycles. The molecule has 0 aliphatic heterocycles. The summed E-state index contributed by atoms with van der Waals surface area (Å²) in [4.78, 5) is 4.70. The summed E-state index contributed by atoms with van der Waals surface area (Å²) in [7, 11) is 0. The maximum Gasteiger partial charge on any atom is 0.0540 e.